The van der Waals surface area contributed by atoms with E-state index in [0.29, 0.717) is 5.75 Å². The minimum atomic E-state index is -0.00352. The van der Waals surface area contributed by atoms with E-state index in [0.717, 1.165) is 22.6 Å². The van der Waals surface area contributed by atoms with Gasteiger partial charge in [-0.05, 0) is 32.0 Å². The molecule has 0 amide bonds. The molecule has 2 N–H and O–H groups in total. The second kappa shape index (κ2) is 5.65. The molecule has 0 aromatic heterocycles. The van der Waals surface area contributed by atoms with E-state index in [9.17, 15) is 5.11 Å². The maximum Gasteiger partial charge on any atom is 0.141 e. The fraction of sp³-hybridized carbons (Fsp3) is 0.250. The van der Waals surface area contributed by atoms with E-state index >= 15 is 0 Å². The number of methoxy groups -OCH3 is 1. The molecule has 19 heavy (non-hydrogen) atoms. The van der Waals surface area contributed by atoms with Crippen LogP contribution >= 0.6 is 0 Å². The Balaban J connectivity index is 2.25. The normalized spacial score (nSPS) is 11.9. The first-order chi connectivity index (χ1) is 9.11. The monoisotopic (exact) mass is 257 g/mol. The SMILES string of the molecule is COc1ccccc1NC(C)c1cc(C)ccc1O. The van der Waals surface area contributed by atoms with Gasteiger partial charge in [-0.15, -0.1) is 0 Å². The first-order valence-corrected chi connectivity index (χ1v) is 6.31. The number of hydrogen-bond acceptors (Lipinski definition) is 3. The number of phenolic OH excluding ortho intramolecular Hbond substituents is 1. The number of ether oxygens (including phenoxy) is 1. The first-order valence-electron chi connectivity index (χ1n) is 6.31. The highest BCUT2D eigenvalue weighted by Gasteiger charge is 2.12. The predicted molar refractivity (Wildman–Crippen MR) is 77.9 cm³/mol. The molecule has 0 radical (unpaired) electrons. The Bertz CT molecular complexity index is 566. The number of hydrogen-bond donors (Lipinski definition) is 2. The molecule has 0 spiro atoms. The molecule has 2 aromatic carbocycles. The predicted octanol–water partition coefficient (Wildman–Crippen LogP) is 3.88. The van der Waals surface area contributed by atoms with E-state index in [-0.39, 0.29) is 6.04 Å². The highest BCUT2D eigenvalue weighted by Crippen LogP contribution is 2.31. The zero-order chi connectivity index (χ0) is 13.8. The van der Waals surface area contributed by atoms with Gasteiger partial charge in [0.2, 0.25) is 0 Å². The summed E-state index contributed by atoms with van der Waals surface area (Å²) in [6.07, 6.45) is 0. The van der Waals surface area contributed by atoms with E-state index < -0.39 is 0 Å². The number of phenols is 1. The Kier molecular flexibility index (Phi) is 3.95. The maximum absolute atomic E-state index is 9.94. The van der Waals surface area contributed by atoms with Crippen molar-refractivity contribution in [1.29, 1.82) is 0 Å². The van der Waals surface area contributed by atoms with E-state index in [2.05, 4.69) is 5.32 Å². The fourth-order valence-electron chi connectivity index (χ4n) is 2.10. The minimum absolute atomic E-state index is 0.00352. The number of aromatic hydroxyl groups is 1. The molecule has 1 atom stereocenters. The van der Waals surface area contributed by atoms with Crippen molar-refractivity contribution >= 4 is 5.69 Å². The molecule has 0 aliphatic heterocycles. The van der Waals surface area contributed by atoms with Gasteiger partial charge in [0.1, 0.15) is 11.5 Å². The van der Waals surface area contributed by atoms with Crippen LogP contribution in [-0.2, 0) is 0 Å². The summed E-state index contributed by atoms with van der Waals surface area (Å²) in [6, 6.07) is 13.4. The van der Waals surface area contributed by atoms with E-state index in [1.807, 2.05) is 50.2 Å². The molecule has 2 rings (SSSR count). The number of aryl methyl sites for hydroxylation is 1. The van der Waals surface area contributed by atoms with Gasteiger partial charge in [-0.25, -0.2) is 0 Å². The number of rotatable bonds is 4. The standard InChI is InChI=1S/C16H19NO2/c1-11-8-9-15(18)13(10-11)12(2)17-14-6-4-5-7-16(14)19-3/h4-10,12,17-18H,1-3H3. The third-order valence-electron chi connectivity index (χ3n) is 3.13. The molecule has 0 heterocycles. The second-order valence-corrected chi connectivity index (χ2v) is 4.63. The van der Waals surface area contributed by atoms with Gasteiger partial charge < -0.3 is 15.2 Å². The van der Waals surface area contributed by atoms with Gasteiger partial charge in [-0.3, -0.25) is 0 Å². The molecule has 0 bridgehead atoms. The number of benzene rings is 2. The zero-order valence-corrected chi connectivity index (χ0v) is 11.5. The second-order valence-electron chi connectivity index (χ2n) is 4.63. The summed E-state index contributed by atoms with van der Waals surface area (Å²) in [5.74, 6) is 1.10. The van der Waals surface area contributed by atoms with Crippen LogP contribution in [0.1, 0.15) is 24.1 Å². The highest BCUT2D eigenvalue weighted by atomic mass is 16.5. The van der Waals surface area contributed by atoms with Crippen LogP contribution in [0, 0.1) is 6.92 Å². The average molecular weight is 257 g/mol. The zero-order valence-electron chi connectivity index (χ0n) is 11.5. The van der Waals surface area contributed by atoms with Gasteiger partial charge in [0.25, 0.3) is 0 Å². The molecule has 0 saturated carbocycles. The first kappa shape index (κ1) is 13.3. The Hall–Kier alpha value is -2.16. The van der Waals surface area contributed by atoms with Crippen LogP contribution in [0.2, 0.25) is 0 Å². The molecule has 0 fully saturated rings. The average Bonchev–Trinajstić information content (AvgIpc) is 2.42. The van der Waals surface area contributed by atoms with Crippen LogP contribution < -0.4 is 10.1 Å². The van der Waals surface area contributed by atoms with Crippen molar-refractivity contribution in [2.75, 3.05) is 12.4 Å². The molecule has 3 nitrogen and oxygen atoms in total. The highest BCUT2D eigenvalue weighted by molar-refractivity contribution is 5.58. The van der Waals surface area contributed by atoms with Crippen LogP contribution in [0.25, 0.3) is 0 Å². The summed E-state index contributed by atoms with van der Waals surface area (Å²) in [7, 11) is 1.65. The lowest BCUT2D eigenvalue weighted by molar-refractivity contribution is 0.416. The van der Waals surface area contributed by atoms with E-state index in [1.54, 1.807) is 13.2 Å². The largest absolute Gasteiger partial charge is 0.508 e. The van der Waals surface area contributed by atoms with Crippen LogP contribution in [0.5, 0.6) is 11.5 Å². The van der Waals surface area contributed by atoms with Crippen molar-refractivity contribution in [1.82, 2.24) is 0 Å². The van der Waals surface area contributed by atoms with Crippen molar-refractivity contribution in [2.45, 2.75) is 19.9 Å². The maximum atomic E-state index is 9.94. The summed E-state index contributed by atoms with van der Waals surface area (Å²) < 4.78 is 5.31. The smallest absolute Gasteiger partial charge is 0.141 e. The topological polar surface area (TPSA) is 41.5 Å². The molecule has 0 aliphatic rings. The molecular formula is C16H19NO2. The van der Waals surface area contributed by atoms with Crippen molar-refractivity contribution in [3.8, 4) is 11.5 Å². The van der Waals surface area contributed by atoms with E-state index in [4.69, 9.17) is 4.74 Å². The number of nitrogens with one attached hydrogen (secondary N) is 1. The van der Waals surface area contributed by atoms with Gasteiger partial charge in [0.15, 0.2) is 0 Å². The van der Waals surface area contributed by atoms with Gasteiger partial charge in [0.05, 0.1) is 18.8 Å². The molecule has 0 aliphatic carbocycles. The Morgan fingerprint density at radius 3 is 2.63 bits per heavy atom. The molecule has 3 heteroatoms. The van der Waals surface area contributed by atoms with Gasteiger partial charge >= 0.3 is 0 Å². The lowest BCUT2D eigenvalue weighted by Gasteiger charge is -2.19. The summed E-state index contributed by atoms with van der Waals surface area (Å²) in [5, 5.41) is 13.3. The summed E-state index contributed by atoms with van der Waals surface area (Å²) in [6.45, 7) is 4.03. The number of anilines is 1. The lowest BCUT2D eigenvalue weighted by Crippen LogP contribution is -2.08. The summed E-state index contributed by atoms with van der Waals surface area (Å²) in [4.78, 5) is 0. The van der Waals surface area contributed by atoms with Crippen LogP contribution in [0.3, 0.4) is 0 Å². The van der Waals surface area contributed by atoms with Crippen molar-refractivity contribution in [3.05, 3.63) is 53.6 Å². The van der Waals surface area contributed by atoms with Gasteiger partial charge in [-0.1, -0.05) is 29.8 Å². The Morgan fingerprint density at radius 2 is 1.89 bits per heavy atom. The molecule has 100 valence electrons. The minimum Gasteiger partial charge on any atom is -0.508 e. The quantitative estimate of drug-likeness (QED) is 0.873. The summed E-state index contributed by atoms with van der Waals surface area (Å²) >= 11 is 0. The fourth-order valence-corrected chi connectivity index (χ4v) is 2.10. The number of para-hydroxylation sites is 2. The third kappa shape index (κ3) is 2.99. The van der Waals surface area contributed by atoms with Crippen LogP contribution in [0.15, 0.2) is 42.5 Å². The van der Waals surface area contributed by atoms with Crippen LogP contribution in [-0.4, -0.2) is 12.2 Å². The third-order valence-corrected chi connectivity index (χ3v) is 3.13. The van der Waals surface area contributed by atoms with Crippen molar-refractivity contribution < 1.29 is 9.84 Å². The van der Waals surface area contributed by atoms with Gasteiger partial charge in [-0.2, -0.15) is 0 Å². The molecular weight excluding hydrogens is 238 g/mol. The molecule has 2 aromatic rings. The molecule has 1 unspecified atom stereocenters. The molecule has 0 saturated heterocycles. The van der Waals surface area contributed by atoms with Crippen molar-refractivity contribution in [2.24, 2.45) is 0 Å². The Labute approximate surface area is 113 Å². The lowest BCUT2D eigenvalue weighted by atomic mass is 10.0. The van der Waals surface area contributed by atoms with Crippen LogP contribution in [0.4, 0.5) is 5.69 Å². The van der Waals surface area contributed by atoms with Crippen molar-refractivity contribution in [3.63, 3.8) is 0 Å². The van der Waals surface area contributed by atoms with Gasteiger partial charge in [0, 0.05) is 5.56 Å². The summed E-state index contributed by atoms with van der Waals surface area (Å²) in [5.41, 5.74) is 2.92. The Morgan fingerprint density at radius 1 is 1.16 bits per heavy atom. The van der Waals surface area contributed by atoms with E-state index in [1.165, 1.54) is 0 Å².